The lowest BCUT2D eigenvalue weighted by Crippen LogP contribution is -2.14. The molecule has 0 aliphatic heterocycles. The molecule has 0 radical (unpaired) electrons. The van der Waals surface area contributed by atoms with E-state index >= 15 is 0 Å². The number of thioether (sulfide) groups is 1. The molecule has 1 unspecified atom stereocenters. The molecule has 0 fully saturated rings. The largest absolute Gasteiger partial charge is 0.394 e. The predicted molar refractivity (Wildman–Crippen MR) is 45.2 cm³/mol. The van der Waals surface area contributed by atoms with Crippen LogP contribution in [0, 0.1) is 0 Å². The number of aliphatic hydroxyl groups excluding tert-OH is 2. The van der Waals surface area contributed by atoms with Crippen molar-refractivity contribution in [3.63, 3.8) is 0 Å². The lowest BCUT2D eigenvalue weighted by atomic mass is 10.4. The highest BCUT2D eigenvalue weighted by atomic mass is 32.2. The number of hydrogen-bond acceptors (Lipinski definition) is 3. The zero-order valence-electron chi connectivity index (χ0n) is 6.16. The molecule has 0 aromatic heterocycles. The normalized spacial score (nSPS) is 14.3. The van der Waals surface area contributed by atoms with Crippen LogP contribution in [0.5, 0.6) is 0 Å². The van der Waals surface area contributed by atoms with Crippen LogP contribution in [-0.2, 0) is 0 Å². The van der Waals surface area contributed by atoms with Crippen molar-refractivity contribution in [1.82, 2.24) is 0 Å². The summed E-state index contributed by atoms with van der Waals surface area (Å²) < 4.78 is 0. The van der Waals surface area contributed by atoms with Crippen LogP contribution >= 0.6 is 11.8 Å². The second-order valence-corrected chi connectivity index (χ2v) is 3.02. The average molecular weight is 162 g/mol. The summed E-state index contributed by atoms with van der Waals surface area (Å²) in [7, 11) is 0. The monoisotopic (exact) mass is 162 g/mol. The zero-order valence-corrected chi connectivity index (χ0v) is 6.97. The number of hydrogen-bond donors (Lipinski definition) is 2. The van der Waals surface area contributed by atoms with Gasteiger partial charge in [0.1, 0.15) is 0 Å². The molecule has 0 rings (SSSR count). The first-order valence-corrected chi connectivity index (χ1v) is 4.44. The quantitative estimate of drug-likeness (QED) is 0.460. The first kappa shape index (κ1) is 10.0. The maximum Gasteiger partial charge on any atom is 0.0861 e. The molecule has 0 saturated heterocycles. The first-order valence-electron chi connectivity index (χ1n) is 3.29. The van der Waals surface area contributed by atoms with Crippen molar-refractivity contribution in [3.05, 3.63) is 12.2 Å². The van der Waals surface area contributed by atoms with Gasteiger partial charge in [-0.25, -0.2) is 0 Å². The third-order valence-electron chi connectivity index (χ3n) is 0.971. The molecule has 2 nitrogen and oxygen atoms in total. The van der Waals surface area contributed by atoms with Gasteiger partial charge < -0.3 is 10.2 Å². The van der Waals surface area contributed by atoms with E-state index in [2.05, 4.69) is 0 Å². The van der Waals surface area contributed by atoms with E-state index in [1.807, 2.05) is 19.1 Å². The van der Waals surface area contributed by atoms with Gasteiger partial charge in [-0.2, -0.15) is 11.8 Å². The fourth-order valence-electron chi connectivity index (χ4n) is 0.421. The zero-order chi connectivity index (χ0) is 7.82. The molecule has 60 valence electrons. The summed E-state index contributed by atoms with van der Waals surface area (Å²) in [5.41, 5.74) is 0. The van der Waals surface area contributed by atoms with E-state index in [0.717, 1.165) is 5.75 Å². The summed E-state index contributed by atoms with van der Waals surface area (Å²) in [5.74, 6) is 1.52. The minimum Gasteiger partial charge on any atom is -0.394 e. The van der Waals surface area contributed by atoms with Crippen LogP contribution in [0.2, 0.25) is 0 Å². The Morgan fingerprint density at radius 2 is 2.30 bits per heavy atom. The van der Waals surface area contributed by atoms with E-state index in [-0.39, 0.29) is 6.61 Å². The molecule has 3 heteroatoms. The number of allylic oxidation sites excluding steroid dienone is 1. The summed E-state index contributed by atoms with van der Waals surface area (Å²) in [6.07, 6.45) is 3.43. The van der Waals surface area contributed by atoms with E-state index in [1.165, 1.54) is 0 Å². The lowest BCUT2D eigenvalue weighted by Gasteiger charge is -2.03. The maximum absolute atomic E-state index is 8.86. The topological polar surface area (TPSA) is 40.5 Å². The van der Waals surface area contributed by atoms with Gasteiger partial charge in [0.05, 0.1) is 12.7 Å². The molecule has 0 heterocycles. The Kier molecular flexibility index (Phi) is 7.13. The van der Waals surface area contributed by atoms with Crippen molar-refractivity contribution < 1.29 is 10.2 Å². The van der Waals surface area contributed by atoms with Crippen LogP contribution in [0.15, 0.2) is 12.2 Å². The molecule has 10 heavy (non-hydrogen) atoms. The Hall–Kier alpha value is 0.01000. The van der Waals surface area contributed by atoms with Gasteiger partial charge in [0, 0.05) is 11.5 Å². The fourth-order valence-corrected chi connectivity index (χ4v) is 1.26. The summed E-state index contributed by atoms with van der Waals surface area (Å²) in [6, 6.07) is 0. The molecule has 0 aromatic rings. The van der Waals surface area contributed by atoms with Crippen LogP contribution in [0.4, 0.5) is 0 Å². The van der Waals surface area contributed by atoms with E-state index in [9.17, 15) is 0 Å². The number of aliphatic hydroxyl groups is 2. The van der Waals surface area contributed by atoms with E-state index < -0.39 is 6.10 Å². The number of rotatable bonds is 5. The van der Waals surface area contributed by atoms with Crippen molar-refractivity contribution in [3.8, 4) is 0 Å². The van der Waals surface area contributed by atoms with Gasteiger partial charge in [-0.05, 0) is 6.92 Å². The molecule has 0 spiro atoms. The van der Waals surface area contributed by atoms with E-state index in [0.29, 0.717) is 5.75 Å². The van der Waals surface area contributed by atoms with Crippen molar-refractivity contribution in [2.45, 2.75) is 13.0 Å². The van der Waals surface area contributed by atoms with Crippen molar-refractivity contribution >= 4 is 11.8 Å². The molecular weight excluding hydrogens is 148 g/mol. The van der Waals surface area contributed by atoms with Gasteiger partial charge in [0.25, 0.3) is 0 Å². The highest BCUT2D eigenvalue weighted by Crippen LogP contribution is 2.02. The summed E-state index contributed by atoms with van der Waals surface area (Å²) >= 11 is 1.61. The standard InChI is InChI=1S/C7H14O2S/c1-2-3-4-10-6-7(9)5-8/h2-3,7-9H,4-6H2,1H3. The Balaban J connectivity index is 3.03. The minimum absolute atomic E-state index is 0.136. The SMILES string of the molecule is CC=CCSCC(O)CO. The molecule has 0 aliphatic carbocycles. The van der Waals surface area contributed by atoms with Crippen LogP contribution in [0.1, 0.15) is 6.92 Å². The second-order valence-electron chi connectivity index (χ2n) is 1.94. The fraction of sp³-hybridized carbons (Fsp3) is 0.714. The molecule has 2 N–H and O–H groups in total. The van der Waals surface area contributed by atoms with Gasteiger partial charge in [-0.3, -0.25) is 0 Å². The molecular formula is C7H14O2S. The second kappa shape index (κ2) is 7.12. The third kappa shape index (κ3) is 6.13. The van der Waals surface area contributed by atoms with Crippen LogP contribution < -0.4 is 0 Å². The third-order valence-corrected chi connectivity index (χ3v) is 2.02. The van der Waals surface area contributed by atoms with Gasteiger partial charge in [-0.1, -0.05) is 12.2 Å². The van der Waals surface area contributed by atoms with Crippen LogP contribution in [0.3, 0.4) is 0 Å². The van der Waals surface area contributed by atoms with Crippen LogP contribution in [0.25, 0.3) is 0 Å². The van der Waals surface area contributed by atoms with E-state index in [1.54, 1.807) is 11.8 Å². The van der Waals surface area contributed by atoms with Gasteiger partial charge in [0.15, 0.2) is 0 Å². The van der Waals surface area contributed by atoms with Crippen LogP contribution in [-0.4, -0.2) is 34.4 Å². The van der Waals surface area contributed by atoms with Crippen molar-refractivity contribution in [2.75, 3.05) is 18.1 Å². The summed E-state index contributed by atoms with van der Waals surface area (Å²) in [4.78, 5) is 0. The first-order chi connectivity index (χ1) is 4.81. The Morgan fingerprint density at radius 1 is 1.60 bits per heavy atom. The predicted octanol–water partition coefficient (Wildman–Crippen LogP) is 0.649. The van der Waals surface area contributed by atoms with Crippen molar-refractivity contribution in [1.29, 1.82) is 0 Å². The molecule has 0 aliphatic rings. The molecule has 0 aromatic carbocycles. The van der Waals surface area contributed by atoms with Gasteiger partial charge in [-0.15, -0.1) is 0 Å². The highest BCUT2D eigenvalue weighted by molar-refractivity contribution is 7.99. The molecule has 0 amide bonds. The minimum atomic E-state index is -0.560. The van der Waals surface area contributed by atoms with Gasteiger partial charge >= 0.3 is 0 Å². The Bertz CT molecular complexity index is 93.6. The Labute approximate surface area is 66.0 Å². The Morgan fingerprint density at radius 3 is 2.80 bits per heavy atom. The molecule has 1 atom stereocenters. The molecule has 0 bridgehead atoms. The van der Waals surface area contributed by atoms with Crippen molar-refractivity contribution in [2.24, 2.45) is 0 Å². The smallest absolute Gasteiger partial charge is 0.0861 e. The maximum atomic E-state index is 8.86. The summed E-state index contributed by atoms with van der Waals surface area (Å²) in [5, 5.41) is 17.3. The highest BCUT2D eigenvalue weighted by Gasteiger charge is 1.98. The molecule has 0 saturated carbocycles. The average Bonchev–Trinajstić information content (AvgIpc) is 1.98. The van der Waals surface area contributed by atoms with Gasteiger partial charge in [0.2, 0.25) is 0 Å². The lowest BCUT2D eigenvalue weighted by molar-refractivity contribution is 0.113. The van der Waals surface area contributed by atoms with E-state index in [4.69, 9.17) is 10.2 Å². The summed E-state index contributed by atoms with van der Waals surface area (Å²) in [6.45, 7) is 1.83.